The van der Waals surface area contributed by atoms with E-state index >= 15 is 0 Å². The Morgan fingerprint density at radius 3 is 2.36 bits per heavy atom. The van der Waals surface area contributed by atoms with Gasteiger partial charge in [-0.15, -0.1) is 11.8 Å². The Hall–Kier alpha value is -3.00. The van der Waals surface area contributed by atoms with Gasteiger partial charge in [-0.3, -0.25) is 9.59 Å². The molecule has 1 aliphatic heterocycles. The Bertz CT molecular complexity index is 997. The standard InChI is InChI=1S/C25H28N2O5S/c1-2-16(23(28)27-11-12-33-22(14-27)24(29)30)13-26-25(31)32-15-21-19-9-5-3-7-17(19)18-8-4-6-10-20(18)21/h3-10,16,21-22H,2,11-15H2,1H3,(H,26,31)(H,29,30). The van der Waals surface area contributed by atoms with Gasteiger partial charge in [-0.25, -0.2) is 4.79 Å². The summed E-state index contributed by atoms with van der Waals surface area (Å²) in [4.78, 5) is 38.2. The van der Waals surface area contributed by atoms with Crippen molar-refractivity contribution < 1.29 is 24.2 Å². The second-order valence-corrected chi connectivity index (χ2v) is 9.60. The fourth-order valence-electron chi connectivity index (χ4n) is 4.52. The lowest BCUT2D eigenvalue weighted by molar-refractivity contribution is -0.139. The molecule has 1 fully saturated rings. The molecule has 174 valence electrons. The molecule has 2 aromatic rings. The molecular formula is C25H28N2O5S. The number of amides is 2. The maximum atomic E-state index is 12.9. The van der Waals surface area contributed by atoms with Gasteiger partial charge < -0.3 is 20.1 Å². The smallest absolute Gasteiger partial charge is 0.407 e. The van der Waals surface area contributed by atoms with Crippen molar-refractivity contribution in [3.05, 3.63) is 59.7 Å². The van der Waals surface area contributed by atoms with E-state index in [-0.39, 0.29) is 31.5 Å². The summed E-state index contributed by atoms with van der Waals surface area (Å²) < 4.78 is 5.55. The molecule has 8 heteroatoms. The van der Waals surface area contributed by atoms with E-state index in [0.717, 1.165) is 22.3 Å². The van der Waals surface area contributed by atoms with Gasteiger partial charge in [-0.1, -0.05) is 55.5 Å². The molecule has 0 saturated carbocycles. The third-order valence-electron chi connectivity index (χ3n) is 6.33. The molecule has 2 N–H and O–H groups in total. The number of nitrogens with zero attached hydrogens (tertiary/aromatic N) is 1. The maximum absolute atomic E-state index is 12.9. The number of thioether (sulfide) groups is 1. The maximum Gasteiger partial charge on any atom is 0.407 e. The summed E-state index contributed by atoms with van der Waals surface area (Å²) in [5.41, 5.74) is 4.62. The molecule has 0 radical (unpaired) electrons. The summed E-state index contributed by atoms with van der Waals surface area (Å²) >= 11 is 1.36. The van der Waals surface area contributed by atoms with E-state index in [9.17, 15) is 19.5 Å². The van der Waals surface area contributed by atoms with Gasteiger partial charge in [0.15, 0.2) is 0 Å². The molecule has 1 saturated heterocycles. The highest BCUT2D eigenvalue weighted by Crippen LogP contribution is 2.44. The van der Waals surface area contributed by atoms with E-state index in [4.69, 9.17) is 4.74 Å². The predicted octanol–water partition coefficient (Wildman–Crippen LogP) is 3.58. The number of rotatable bonds is 7. The number of carbonyl (C=O) groups excluding carboxylic acids is 2. The van der Waals surface area contributed by atoms with Crippen LogP contribution in [0.2, 0.25) is 0 Å². The Morgan fingerprint density at radius 1 is 1.12 bits per heavy atom. The van der Waals surface area contributed by atoms with Gasteiger partial charge in [-0.05, 0) is 28.7 Å². The van der Waals surface area contributed by atoms with Crippen molar-refractivity contribution in [3.63, 3.8) is 0 Å². The molecule has 1 aliphatic carbocycles. The van der Waals surface area contributed by atoms with E-state index in [1.165, 1.54) is 11.8 Å². The second kappa shape index (κ2) is 10.3. The molecule has 1 heterocycles. The fourth-order valence-corrected chi connectivity index (χ4v) is 5.56. The van der Waals surface area contributed by atoms with E-state index < -0.39 is 23.2 Å². The predicted molar refractivity (Wildman–Crippen MR) is 127 cm³/mol. The van der Waals surface area contributed by atoms with Crippen LogP contribution in [0.5, 0.6) is 0 Å². The van der Waals surface area contributed by atoms with E-state index in [1.54, 1.807) is 4.90 Å². The van der Waals surface area contributed by atoms with Crippen LogP contribution in [-0.2, 0) is 14.3 Å². The number of aliphatic carboxylic acids is 1. The molecule has 2 atom stereocenters. The molecule has 33 heavy (non-hydrogen) atoms. The number of fused-ring (bicyclic) bond motifs is 3. The monoisotopic (exact) mass is 468 g/mol. The van der Waals surface area contributed by atoms with Crippen molar-refractivity contribution in [1.29, 1.82) is 0 Å². The lowest BCUT2D eigenvalue weighted by Crippen LogP contribution is -2.48. The largest absolute Gasteiger partial charge is 0.480 e. The minimum absolute atomic E-state index is 0.0226. The quantitative estimate of drug-likeness (QED) is 0.645. The summed E-state index contributed by atoms with van der Waals surface area (Å²) in [7, 11) is 0. The highest BCUT2D eigenvalue weighted by Gasteiger charge is 2.32. The van der Waals surface area contributed by atoms with Gasteiger partial charge >= 0.3 is 12.1 Å². The molecule has 2 unspecified atom stereocenters. The third kappa shape index (κ3) is 5.00. The first-order valence-electron chi connectivity index (χ1n) is 11.2. The number of carboxylic acids is 1. The summed E-state index contributed by atoms with van der Waals surface area (Å²) in [6, 6.07) is 16.3. The minimum Gasteiger partial charge on any atom is -0.480 e. The number of alkyl carbamates (subject to hydrolysis) is 1. The molecular weight excluding hydrogens is 440 g/mol. The fraction of sp³-hybridized carbons (Fsp3) is 0.400. The molecule has 2 amide bonds. The van der Waals surface area contributed by atoms with Crippen LogP contribution >= 0.6 is 11.8 Å². The zero-order valence-corrected chi connectivity index (χ0v) is 19.3. The average Bonchev–Trinajstić information content (AvgIpc) is 3.16. The number of hydrogen-bond acceptors (Lipinski definition) is 5. The summed E-state index contributed by atoms with van der Waals surface area (Å²) in [5, 5.41) is 11.4. The molecule has 2 aliphatic rings. The number of ether oxygens (including phenoxy) is 1. The van der Waals surface area contributed by atoms with Gasteiger partial charge in [0.1, 0.15) is 11.9 Å². The van der Waals surface area contributed by atoms with Crippen molar-refractivity contribution in [2.45, 2.75) is 24.5 Å². The topological polar surface area (TPSA) is 95.9 Å². The van der Waals surface area contributed by atoms with Gasteiger partial charge in [0.05, 0.1) is 5.92 Å². The number of benzene rings is 2. The lowest BCUT2D eigenvalue weighted by atomic mass is 9.98. The van der Waals surface area contributed by atoms with Gasteiger partial charge in [0.2, 0.25) is 5.91 Å². The Balaban J connectivity index is 1.32. The summed E-state index contributed by atoms with van der Waals surface area (Å²) in [5.74, 6) is -0.863. The molecule has 2 aromatic carbocycles. The highest BCUT2D eigenvalue weighted by atomic mass is 32.2. The van der Waals surface area contributed by atoms with Crippen molar-refractivity contribution in [2.75, 3.05) is 32.0 Å². The first kappa shape index (κ1) is 23.2. The van der Waals surface area contributed by atoms with Gasteiger partial charge in [0.25, 0.3) is 0 Å². The summed E-state index contributed by atoms with van der Waals surface area (Å²) in [6.45, 7) is 2.98. The van der Waals surface area contributed by atoms with Crippen LogP contribution in [0, 0.1) is 5.92 Å². The molecule has 0 aromatic heterocycles. The Labute approximate surface area is 197 Å². The van der Waals surface area contributed by atoms with Crippen molar-refractivity contribution >= 4 is 29.7 Å². The molecule has 0 bridgehead atoms. The normalized spacial score (nSPS) is 18.2. The minimum atomic E-state index is -0.901. The molecule has 7 nitrogen and oxygen atoms in total. The zero-order chi connectivity index (χ0) is 23.4. The SMILES string of the molecule is CCC(CNC(=O)OCC1c2ccccc2-c2ccccc21)C(=O)N1CCSC(C(=O)O)C1. The number of carbonyl (C=O) groups is 3. The van der Waals surface area contributed by atoms with Crippen LogP contribution in [-0.4, -0.2) is 65.2 Å². The highest BCUT2D eigenvalue weighted by molar-refractivity contribution is 8.00. The second-order valence-electron chi connectivity index (χ2n) is 8.29. The van der Waals surface area contributed by atoms with Gasteiger partial charge in [-0.2, -0.15) is 0 Å². The summed E-state index contributed by atoms with van der Waals surface area (Å²) in [6.07, 6.45) is -0.00938. The zero-order valence-electron chi connectivity index (χ0n) is 18.5. The number of hydrogen-bond donors (Lipinski definition) is 2. The molecule has 0 spiro atoms. The van der Waals surface area contributed by atoms with Crippen LogP contribution in [0.4, 0.5) is 4.79 Å². The average molecular weight is 469 g/mol. The van der Waals surface area contributed by atoms with E-state index in [1.807, 2.05) is 31.2 Å². The van der Waals surface area contributed by atoms with Crippen molar-refractivity contribution in [3.8, 4) is 11.1 Å². The van der Waals surface area contributed by atoms with Crippen LogP contribution in [0.25, 0.3) is 11.1 Å². The number of nitrogens with one attached hydrogen (secondary N) is 1. The van der Waals surface area contributed by atoms with Crippen LogP contribution in [0.1, 0.15) is 30.4 Å². The first-order chi connectivity index (χ1) is 16.0. The first-order valence-corrected chi connectivity index (χ1v) is 12.3. The van der Waals surface area contributed by atoms with Crippen molar-refractivity contribution in [2.24, 2.45) is 5.92 Å². The number of carboxylic acid groups (broad SMARTS) is 1. The Morgan fingerprint density at radius 2 is 1.76 bits per heavy atom. The van der Waals surface area contributed by atoms with Crippen LogP contribution in [0.15, 0.2) is 48.5 Å². The van der Waals surface area contributed by atoms with Gasteiger partial charge in [0, 0.05) is 31.3 Å². The van der Waals surface area contributed by atoms with Crippen LogP contribution in [0.3, 0.4) is 0 Å². The van der Waals surface area contributed by atoms with Crippen molar-refractivity contribution in [1.82, 2.24) is 10.2 Å². The molecule has 4 rings (SSSR count). The van der Waals surface area contributed by atoms with Crippen LogP contribution < -0.4 is 5.32 Å². The third-order valence-corrected chi connectivity index (χ3v) is 7.50. The Kier molecular flexibility index (Phi) is 7.23. The lowest BCUT2D eigenvalue weighted by Gasteiger charge is -2.32. The van der Waals surface area contributed by atoms with E-state index in [0.29, 0.717) is 18.7 Å². The van der Waals surface area contributed by atoms with E-state index in [2.05, 4.69) is 29.6 Å².